The molecule has 0 fully saturated rings. The lowest BCUT2D eigenvalue weighted by Gasteiger charge is -2.10. The molecule has 9 heteroatoms. The number of aromatic nitrogens is 2. The number of likely N-dealkylation sites (N-methyl/N-ethyl adjacent to an activating group) is 1. The summed E-state index contributed by atoms with van der Waals surface area (Å²) in [6.07, 6.45) is -3.24. The van der Waals surface area contributed by atoms with Crippen LogP contribution in [-0.2, 0) is 12.7 Å². The van der Waals surface area contributed by atoms with Crippen LogP contribution in [0, 0.1) is 5.82 Å². The fourth-order valence-corrected chi connectivity index (χ4v) is 2.58. The van der Waals surface area contributed by atoms with E-state index in [0.29, 0.717) is 24.3 Å². The quantitative estimate of drug-likeness (QED) is 0.484. The second-order valence-corrected chi connectivity index (χ2v) is 5.86. The lowest BCUT2D eigenvalue weighted by atomic mass is 10.1. The molecule has 2 heterocycles. The molecule has 0 aliphatic heterocycles. The van der Waals surface area contributed by atoms with Gasteiger partial charge in [-0.1, -0.05) is 0 Å². The zero-order chi connectivity index (χ0) is 19.4. The molecule has 0 amide bonds. The summed E-state index contributed by atoms with van der Waals surface area (Å²) in [7, 11) is 1.80. The molecule has 1 aromatic carbocycles. The minimum atomic E-state index is -4.61. The third-order valence-electron chi connectivity index (χ3n) is 3.91. The van der Waals surface area contributed by atoms with Crippen LogP contribution in [0.1, 0.15) is 11.3 Å². The lowest BCUT2D eigenvalue weighted by molar-refractivity contribution is -0.141. The van der Waals surface area contributed by atoms with E-state index in [1.807, 2.05) is 0 Å². The molecule has 0 atom stereocenters. The highest BCUT2D eigenvalue weighted by Gasteiger charge is 2.35. The molecule has 0 spiro atoms. The average Bonchev–Trinajstić information content (AvgIpc) is 3.28. The van der Waals surface area contributed by atoms with Crippen LogP contribution in [0.25, 0.3) is 17.1 Å². The van der Waals surface area contributed by atoms with Crippen LogP contribution in [-0.4, -0.2) is 29.9 Å². The fourth-order valence-electron chi connectivity index (χ4n) is 2.58. The Morgan fingerprint density at radius 3 is 2.63 bits per heavy atom. The molecule has 2 N–H and O–H groups in total. The first-order valence-corrected chi connectivity index (χ1v) is 8.25. The maximum atomic E-state index is 14.1. The van der Waals surface area contributed by atoms with Gasteiger partial charge in [-0.25, -0.2) is 9.07 Å². The molecule has 5 nitrogen and oxygen atoms in total. The first kappa shape index (κ1) is 19.1. The topological polar surface area (TPSA) is 55.0 Å². The first-order chi connectivity index (χ1) is 12.9. The van der Waals surface area contributed by atoms with Crippen LogP contribution < -0.4 is 10.6 Å². The number of hydrogen-bond donors (Lipinski definition) is 2. The summed E-state index contributed by atoms with van der Waals surface area (Å²) in [5.74, 6) is -0.213. The highest BCUT2D eigenvalue weighted by Crippen LogP contribution is 2.33. The zero-order valence-electron chi connectivity index (χ0n) is 14.5. The molecule has 2 aromatic heterocycles. The van der Waals surface area contributed by atoms with Gasteiger partial charge in [0.05, 0.1) is 12.0 Å². The van der Waals surface area contributed by atoms with Crippen molar-refractivity contribution in [1.29, 1.82) is 0 Å². The van der Waals surface area contributed by atoms with Crippen LogP contribution in [0.3, 0.4) is 0 Å². The molecule has 27 heavy (non-hydrogen) atoms. The zero-order valence-corrected chi connectivity index (χ0v) is 14.5. The molecular weight excluding hydrogens is 364 g/mol. The van der Waals surface area contributed by atoms with Crippen molar-refractivity contribution in [2.24, 2.45) is 0 Å². The van der Waals surface area contributed by atoms with Gasteiger partial charge >= 0.3 is 6.18 Å². The Balaban J connectivity index is 1.99. The van der Waals surface area contributed by atoms with Crippen LogP contribution in [0.2, 0.25) is 0 Å². The number of benzene rings is 1. The maximum absolute atomic E-state index is 14.1. The van der Waals surface area contributed by atoms with E-state index in [2.05, 4.69) is 15.7 Å². The van der Waals surface area contributed by atoms with Gasteiger partial charge in [-0.15, -0.1) is 0 Å². The largest absolute Gasteiger partial charge is 0.463 e. The Hall–Kier alpha value is -2.65. The highest BCUT2D eigenvalue weighted by molar-refractivity contribution is 5.57. The van der Waals surface area contributed by atoms with Gasteiger partial charge in [0.15, 0.2) is 11.5 Å². The summed E-state index contributed by atoms with van der Waals surface area (Å²) in [6.45, 7) is 1.57. The van der Waals surface area contributed by atoms with Gasteiger partial charge in [0.2, 0.25) is 0 Å². The predicted octanol–water partition coefficient (Wildman–Crippen LogP) is 3.60. The van der Waals surface area contributed by atoms with Crippen molar-refractivity contribution in [2.45, 2.75) is 12.7 Å². The monoisotopic (exact) mass is 382 g/mol. The fraction of sp³-hybridized carbons (Fsp3) is 0.278. The molecule has 0 radical (unpaired) electrons. The van der Waals surface area contributed by atoms with Gasteiger partial charge in [-0.05, 0) is 37.4 Å². The Bertz CT molecular complexity index is 887. The molecule has 3 rings (SSSR count). The molecule has 0 bridgehead atoms. The van der Waals surface area contributed by atoms with E-state index >= 15 is 0 Å². The molecule has 0 aliphatic carbocycles. The third kappa shape index (κ3) is 4.37. The van der Waals surface area contributed by atoms with Crippen LogP contribution in [0.4, 0.5) is 17.6 Å². The standard InChI is InChI=1S/C18H18F4N4O/c1-23-6-7-24-11-12-9-13(4-5-14(12)19)26-15(16-3-2-8-27-16)10-17(25-26)18(20,21)22/h2-5,8-10,23-24H,6-7,11H2,1H3. The summed E-state index contributed by atoms with van der Waals surface area (Å²) in [4.78, 5) is 0. The van der Waals surface area contributed by atoms with Crippen molar-refractivity contribution in [3.63, 3.8) is 0 Å². The second kappa shape index (κ2) is 7.93. The SMILES string of the molecule is CNCCNCc1cc(-n2nc(C(F)(F)F)cc2-c2ccco2)ccc1F. The summed E-state index contributed by atoms with van der Waals surface area (Å²) in [6, 6.07) is 8.09. The second-order valence-electron chi connectivity index (χ2n) is 5.86. The number of hydrogen-bond acceptors (Lipinski definition) is 4. The third-order valence-corrected chi connectivity index (χ3v) is 3.91. The maximum Gasteiger partial charge on any atom is 0.435 e. The molecule has 0 saturated carbocycles. The normalized spacial score (nSPS) is 11.9. The van der Waals surface area contributed by atoms with Crippen LogP contribution >= 0.6 is 0 Å². The van der Waals surface area contributed by atoms with Crippen molar-refractivity contribution in [1.82, 2.24) is 20.4 Å². The first-order valence-electron chi connectivity index (χ1n) is 8.25. The Kier molecular flexibility index (Phi) is 5.62. The molecule has 144 valence electrons. The predicted molar refractivity (Wildman–Crippen MR) is 91.9 cm³/mol. The number of halogens is 4. The van der Waals surface area contributed by atoms with E-state index in [9.17, 15) is 17.6 Å². The van der Waals surface area contributed by atoms with E-state index in [1.165, 1.54) is 30.5 Å². The number of nitrogens with one attached hydrogen (secondary N) is 2. The van der Waals surface area contributed by atoms with Crippen molar-refractivity contribution < 1.29 is 22.0 Å². The van der Waals surface area contributed by atoms with Gasteiger partial charge < -0.3 is 15.1 Å². The minimum Gasteiger partial charge on any atom is -0.463 e. The summed E-state index contributed by atoms with van der Waals surface area (Å²) >= 11 is 0. The van der Waals surface area contributed by atoms with Crippen LogP contribution in [0.15, 0.2) is 47.1 Å². The minimum absolute atomic E-state index is 0.132. The Morgan fingerprint density at radius 1 is 1.15 bits per heavy atom. The summed E-state index contributed by atoms with van der Waals surface area (Å²) < 4.78 is 59.8. The van der Waals surface area contributed by atoms with Crippen molar-refractivity contribution in [3.05, 3.63) is 59.7 Å². The summed E-state index contributed by atoms with van der Waals surface area (Å²) in [5.41, 5.74) is -0.276. The molecule has 0 unspecified atom stereocenters. The van der Waals surface area contributed by atoms with Gasteiger partial charge in [-0.2, -0.15) is 18.3 Å². The molecular formula is C18H18F4N4O. The van der Waals surface area contributed by atoms with E-state index in [4.69, 9.17) is 4.42 Å². The van der Waals surface area contributed by atoms with Crippen molar-refractivity contribution in [2.75, 3.05) is 20.1 Å². The van der Waals surface area contributed by atoms with E-state index in [0.717, 1.165) is 10.7 Å². The van der Waals surface area contributed by atoms with Gasteiger partial charge in [0.1, 0.15) is 11.5 Å². The number of nitrogens with zero attached hydrogens (tertiary/aromatic N) is 2. The molecule has 0 aliphatic rings. The smallest absolute Gasteiger partial charge is 0.435 e. The van der Waals surface area contributed by atoms with E-state index < -0.39 is 17.7 Å². The van der Waals surface area contributed by atoms with E-state index in [1.54, 1.807) is 13.1 Å². The van der Waals surface area contributed by atoms with Gasteiger partial charge in [0, 0.05) is 31.3 Å². The van der Waals surface area contributed by atoms with E-state index in [-0.39, 0.29) is 18.0 Å². The van der Waals surface area contributed by atoms with Gasteiger partial charge in [-0.3, -0.25) is 0 Å². The molecule has 0 saturated heterocycles. The highest BCUT2D eigenvalue weighted by atomic mass is 19.4. The Morgan fingerprint density at radius 2 is 1.96 bits per heavy atom. The number of alkyl halides is 3. The average molecular weight is 382 g/mol. The molecule has 3 aromatic rings. The van der Waals surface area contributed by atoms with Gasteiger partial charge in [0.25, 0.3) is 0 Å². The van der Waals surface area contributed by atoms with Crippen molar-refractivity contribution in [3.8, 4) is 17.1 Å². The van der Waals surface area contributed by atoms with Crippen molar-refractivity contribution >= 4 is 0 Å². The van der Waals surface area contributed by atoms with Crippen LogP contribution in [0.5, 0.6) is 0 Å². The number of furan rings is 1. The summed E-state index contributed by atoms with van der Waals surface area (Å²) in [5, 5.41) is 9.69. The lowest BCUT2D eigenvalue weighted by Crippen LogP contribution is -2.24. The number of rotatable bonds is 7. The Labute approximate surface area is 153 Å².